The molecule has 1 amide bonds. The van der Waals surface area contributed by atoms with E-state index in [9.17, 15) is 9.59 Å². The molecule has 35 heavy (non-hydrogen) atoms. The van der Waals surface area contributed by atoms with Crippen molar-refractivity contribution in [2.45, 2.75) is 52.2 Å². The summed E-state index contributed by atoms with van der Waals surface area (Å²) in [4.78, 5) is 32.7. The van der Waals surface area contributed by atoms with Crippen molar-refractivity contribution >= 4 is 35.0 Å². The molecule has 1 aliphatic heterocycles. The molecule has 3 aromatic rings. The lowest BCUT2D eigenvalue weighted by molar-refractivity contribution is 0.0551. The second-order valence-electron chi connectivity index (χ2n) is 8.37. The Morgan fingerprint density at radius 2 is 2.11 bits per heavy atom. The Balaban J connectivity index is 1.65. The summed E-state index contributed by atoms with van der Waals surface area (Å²) in [5, 5.41) is 7.47. The largest absolute Gasteiger partial charge is 0.516 e. The number of nitrogens with one attached hydrogen (secondary N) is 1. The lowest BCUT2D eigenvalue weighted by atomic mass is 10.0. The van der Waals surface area contributed by atoms with Crippen molar-refractivity contribution in [3.63, 3.8) is 0 Å². The SMILES string of the molecule is CCOC(=O)Oc1ncc(C(=O)N(C(C)C)C2CCNCC2)n1Cc1cc(-c2ccc(Cl)s2)on1. The first-order valence-corrected chi connectivity index (χ1v) is 12.7. The average molecular weight is 522 g/mol. The Morgan fingerprint density at radius 3 is 2.77 bits per heavy atom. The van der Waals surface area contributed by atoms with Crippen LogP contribution in [0, 0.1) is 0 Å². The molecule has 0 saturated carbocycles. The Bertz CT molecular complexity index is 1170. The van der Waals surface area contributed by atoms with E-state index >= 15 is 0 Å². The number of carbonyl (C=O) groups is 2. The Kier molecular flexibility index (Phi) is 8.09. The molecule has 1 N–H and O–H groups in total. The monoisotopic (exact) mass is 521 g/mol. The highest BCUT2D eigenvalue weighted by molar-refractivity contribution is 7.19. The van der Waals surface area contributed by atoms with Crippen LogP contribution in [0.15, 0.2) is 28.9 Å². The molecule has 10 nitrogen and oxygen atoms in total. The lowest BCUT2D eigenvalue weighted by Crippen LogP contribution is -2.49. The van der Waals surface area contributed by atoms with Gasteiger partial charge in [0.15, 0.2) is 5.76 Å². The molecule has 1 saturated heterocycles. The summed E-state index contributed by atoms with van der Waals surface area (Å²) in [6, 6.07) is 5.41. The van der Waals surface area contributed by atoms with Crippen LogP contribution in [-0.2, 0) is 11.3 Å². The van der Waals surface area contributed by atoms with E-state index in [-0.39, 0.29) is 37.2 Å². The fourth-order valence-corrected chi connectivity index (χ4v) is 5.13. The van der Waals surface area contributed by atoms with E-state index in [4.69, 9.17) is 25.6 Å². The number of carbonyl (C=O) groups excluding carboxylic acids is 2. The molecule has 0 bridgehead atoms. The van der Waals surface area contributed by atoms with Gasteiger partial charge in [-0.1, -0.05) is 16.8 Å². The van der Waals surface area contributed by atoms with Gasteiger partial charge in [0.2, 0.25) is 0 Å². The van der Waals surface area contributed by atoms with Gasteiger partial charge in [-0.15, -0.1) is 11.3 Å². The molecule has 188 valence electrons. The maximum atomic E-state index is 13.8. The van der Waals surface area contributed by atoms with Crippen molar-refractivity contribution in [2.24, 2.45) is 0 Å². The van der Waals surface area contributed by atoms with Crippen molar-refractivity contribution < 1.29 is 23.6 Å². The van der Waals surface area contributed by atoms with E-state index in [0.29, 0.717) is 21.5 Å². The molecule has 0 spiro atoms. The molecule has 0 unspecified atom stereocenters. The van der Waals surface area contributed by atoms with Gasteiger partial charge in [0, 0.05) is 18.2 Å². The first-order chi connectivity index (χ1) is 16.9. The number of halogens is 1. The molecule has 0 radical (unpaired) electrons. The summed E-state index contributed by atoms with van der Waals surface area (Å²) < 4.78 is 17.9. The fraction of sp³-hybridized carbons (Fsp3) is 0.478. The van der Waals surface area contributed by atoms with Gasteiger partial charge in [-0.2, -0.15) is 0 Å². The smallest absolute Gasteiger partial charge is 0.434 e. The number of aromatic nitrogens is 3. The fourth-order valence-electron chi connectivity index (χ4n) is 4.14. The minimum absolute atomic E-state index is 0.0226. The zero-order valence-corrected chi connectivity index (χ0v) is 21.4. The number of piperidine rings is 1. The molecule has 3 aromatic heterocycles. The maximum absolute atomic E-state index is 13.8. The summed E-state index contributed by atoms with van der Waals surface area (Å²) in [7, 11) is 0. The van der Waals surface area contributed by atoms with E-state index in [0.717, 1.165) is 30.8 Å². The molecular formula is C23H28ClN5O5S. The van der Waals surface area contributed by atoms with Crippen molar-refractivity contribution in [3.05, 3.63) is 40.1 Å². The van der Waals surface area contributed by atoms with Crippen LogP contribution in [0.2, 0.25) is 4.34 Å². The molecule has 4 rings (SSSR count). The van der Waals surface area contributed by atoms with Crippen molar-refractivity contribution in [1.29, 1.82) is 0 Å². The predicted molar refractivity (Wildman–Crippen MR) is 131 cm³/mol. The number of ether oxygens (including phenoxy) is 2. The van der Waals surface area contributed by atoms with Crippen LogP contribution in [0.5, 0.6) is 6.01 Å². The average Bonchev–Trinajstić information content (AvgIpc) is 3.56. The van der Waals surface area contributed by atoms with Gasteiger partial charge in [-0.25, -0.2) is 9.78 Å². The number of thiophene rings is 1. The van der Waals surface area contributed by atoms with Crippen LogP contribution in [0.1, 0.15) is 49.8 Å². The van der Waals surface area contributed by atoms with Gasteiger partial charge in [-0.3, -0.25) is 9.36 Å². The van der Waals surface area contributed by atoms with Crippen molar-refractivity contribution in [3.8, 4) is 16.6 Å². The summed E-state index contributed by atoms with van der Waals surface area (Å²) in [6.45, 7) is 7.63. The van der Waals surface area contributed by atoms with Crippen molar-refractivity contribution in [1.82, 2.24) is 24.9 Å². The zero-order chi connectivity index (χ0) is 24.9. The van der Waals surface area contributed by atoms with E-state index in [1.165, 1.54) is 22.1 Å². The predicted octanol–water partition coefficient (Wildman–Crippen LogP) is 4.44. The number of rotatable bonds is 8. The Morgan fingerprint density at radius 1 is 1.34 bits per heavy atom. The van der Waals surface area contributed by atoms with Gasteiger partial charge in [0.05, 0.1) is 28.6 Å². The van der Waals surface area contributed by atoms with Gasteiger partial charge in [0.25, 0.3) is 5.91 Å². The quantitative estimate of drug-likeness (QED) is 0.433. The standard InChI is InChI=1S/C23H28ClN5O5S/c1-4-32-23(31)33-22-26-12-17(21(30)29(14(2)3)16-7-9-25-10-8-16)28(22)13-15-11-18(34-27-15)19-5-6-20(24)35-19/h5-6,11-12,14,16,25H,4,7-10,13H2,1-3H3. The number of imidazole rings is 1. The number of hydrogen-bond acceptors (Lipinski definition) is 9. The topological polar surface area (TPSA) is 112 Å². The summed E-state index contributed by atoms with van der Waals surface area (Å²) in [5.41, 5.74) is 0.823. The molecule has 4 heterocycles. The minimum Gasteiger partial charge on any atom is -0.434 e. The highest BCUT2D eigenvalue weighted by atomic mass is 35.5. The number of nitrogens with zero attached hydrogens (tertiary/aromatic N) is 4. The molecule has 1 aliphatic rings. The molecule has 1 fully saturated rings. The Hall–Kier alpha value is -2.89. The summed E-state index contributed by atoms with van der Waals surface area (Å²) >= 11 is 7.41. The first-order valence-electron chi connectivity index (χ1n) is 11.5. The number of amides is 1. The molecule has 0 atom stereocenters. The van der Waals surface area contributed by atoms with Crippen LogP contribution in [0.4, 0.5) is 4.79 Å². The van der Waals surface area contributed by atoms with Crippen LogP contribution >= 0.6 is 22.9 Å². The normalized spacial score (nSPS) is 14.3. The molecule has 12 heteroatoms. The van der Waals surface area contributed by atoms with Gasteiger partial charge in [-0.05, 0) is 58.8 Å². The molecule has 0 aliphatic carbocycles. The van der Waals surface area contributed by atoms with Crippen LogP contribution in [0.25, 0.3) is 10.6 Å². The van der Waals surface area contributed by atoms with E-state index < -0.39 is 6.16 Å². The molecule has 0 aromatic carbocycles. The van der Waals surface area contributed by atoms with Crippen molar-refractivity contribution in [2.75, 3.05) is 19.7 Å². The molecular weight excluding hydrogens is 494 g/mol. The second kappa shape index (κ2) is 11.2. The summed E-state index contributed by atoms with van der Waals surface area (Å²) in [5.74, 6) is 0.364. The third-order valence-electron chi connectivity index (χ3n) is 5.66. The first kappa shape index (κ1) is 25.2. The van der Waals surface area contributed by atoms with E-state index in [2.05, 4.69) is 15.5 Å². The highest BCUT2D eigenvalue weighted by Gasteiger charge is 2.32. The minimum atomic E-state index is -0.897. The second-order valence-corrected chi connectivity index (χ2v) is 10.1. The third-order valence-corrected chi connectivity index (χ3v) is 6.91. The van der Waals surface area contributed by atoms with Crippen LogP contribution in [-0.4, -0.2) is 63.5 Å². The van der Waals surface area contributed by atoms with Gasteiger partial charge in [0.1, 0.15) is 11.4 Å². The van der Waals surface area contributed by atoms with Gasteiger partial charge < -0.3 is 24.2 Å². The van der Waals surface area contributed by atoms with E-state index in [1.807, 2.05) is 24.8 Å². The Labute approximate surface area is 212 Å². The van der Waals surface area contributed by atoms with Gasteiger partial charge >= 0.3 is 12.2 Å². The van der Waals surface area contributed by atoms with Crippen LogP contribution in [0.3, 0.4) is 0 Å². The highest BCUT2D eigenvalue weighted by Crippen LogP contribution is 2.32. The summed E-state index contributed by atoms with van der Waals surface area (Å²) in [6.07, 6.45) is 2.25. The van der Waals surface area contributed by atoms with Crippen LogP contribution < -0.4 is 10.1 Å². The lowest BCUT2D eigenvalue weighted by Gasteiger charge is -2.37. The zero-order valence-electron chi connectivity index (χ0n) is 19.8. The van der Waals surface area contributed by atoms with E-state index in [1.54, 1.807) is 19.1 Å². The number of hydrogen-bond donors (Lipinski definition) is 1. The third kappa shape index (κ3) is 5.85. The maximum Gasteiger partial charge on any atom is 0.516 e.